The zero-order chi connectivity index (χ0) is 30.1. The number of fused-ring (bicyclic) bond motifs is 3. The normalized spacial score (nSPS) is 29.9. The van der Waals surface area contributed by atoms with Crippen LogP contribution in [0.3, 0.4) is 0 Å². The van der Waals surface area contributed by atoms with Crippen LogP contribution in [-0.4, -0.2) is 98.5 Å². The molecule has 4 aliphatic rings. The van der Waals surface area contributed by atoms with Crippen molar-refractivity contribution in [1.82, 2.24) is 15.1 Å². The predicted molar refractivity (Wildman–Crippen MR) is 146 cm³/mol. The number of aliphatic hydroxyl groups is 3. The number of nitrogens with one attached hydrogen (secondary N) is 1. The summed E-state index contributed by atoms with van der Waals surface area (Å²) in [6.07, 6.45) is 0.859. The molecule has 41 heavy (non-hydrogen) atoms. The third kappa shape index (κ3) is 4.40. The van der Waals surface area contributed by atoms with Gasteiger partial charge in [0.25, 0.3) is 5.91 Å². The van der Waals surface area contributed by atoms with Crippen LogP contribution in [0.25, 0.3) is 0 Å². The van der Waals surface area contributed by atoms with Crippen molar-refractivity contribution < 1.29 is 39.6 Å². The quantitative estimate of drug-likeness (QED) is 0.263. The van der Waals surface area contributed by atoms with Gasteiger partial charge in [0.05, 0.1) is 11.6 Å². The molecule has 1 fully saturated rings. The molecule has 1 aliphatic heterocycles. The van der Waals surface area contributed by atoms with E-state index >= 15 is 0 Å². The third-order valence-electron chi connectivity index (χ3n) is 8.80. The maximum atomic E-state index is 13.8. The first-order valence-electron chi connectivity index (χ1n) is 13.4. The summed E-state index contributed by atoms with van der Waals surface area (Å²) >= 11 is 6.83. The van der Waals surface area contributed by atoms with E-state index in [1.54, 1.807) is 14.1 Å². The van der Waals surface area contributed by atoms with Gasteiger partial charge in [-0.05, 0) is 56.5 Å². The lowest BCUT2D eigenvalue weighted by atomic mass is 9.58. The van der Waals surface area contributed by atoms with Crippen molar-refractivity contribution in [2.24, 2.45) is 17.6 Å². The van der Waals surface area contributed by atoms with Crippen LogP contribution in [0, 0.1) is 11.8 Å². The van der Waals surface area contributed by atoms with Crippen molar-refractivity contribution in [2.75, 3.05) is 27.2 Å². The molecule has 1 aromatic carbocycles. The molecule has 1 heterocycles. The number of phenols is 1. The molecule has 0 spiro atoms. The molecule has 0 bridgehead atoms. The zero-order valence-electron chi connectivity index (χ0n) is 22.9. The molecule has 2 amide bonds. The first-order valence-corrected chi connectivity index (χ1v) is 13.7. The number of likely N-dealkylation sites (N-methyl/N-ethyl adjacent to an activating group) is 1. The number of phenolic OH excluding ortho intramolecular Hbond substituents is 1. The Hall–Kier alpha value is -3.45. The topological polar surface area (TPSA) is 194 Å². The number of carbonyl (C=O) groups excluding carboxylic acids is 4. The van der Waals surface area contributed by atoms with Gasteiger partial charge < -0.3 is 31.5 Å². The van der Waals surface area contributed by atoms with E-state index < -0.39 is 58.0 Å². The summed E-state index contributed by atoms with van der Waals surface area (Å²) < 4.78 is 0. The Morgan fingerprint density at radius 3 is 2.54 bits per heavy atom. The van der Waals surface area contributed by atoms with E-state index in [4.69, 9.17) is 17.3 Å². The van der Waals surface area contributed by atoms with Crippen LogP contribution < -0.4 is 11.1 Å². The maximum absolute atomic E-state index is 13.8. The molecule has 220 valence electrons. The lowest BCUT2D eigenvalue weighted by molar-refractivity contribution is -0.148. The van der Waals surface area contributed by atoms with Crippen LogP contribution in [0.4, 0.5) is 0 Å². The number of carbonyl (C=O) groups is 4. The summed E-state index contributed by atoms with van der Waals surface area (Å²) in [7, 11) is 3.15. The van der Waals surface area contributed by atoms with Gasteiger partial charge in [-0.2, -0.15) is 0 Å². The molecule has 7 N–H and O–H groups in total. The summed E-state index contributed by atoms with van der Waals surface area (Å²) in [6, 6.07) is 0.324. The number of hydrogen-bond donors (Lipinski definition) is 6. The average Bonchev–Trinajstić information content (AvgIpc) is 3.29. The molecule has 5 rings (SSSR count). The number of benzene rings is 1. The number of primary amides is 1. The second-order valence-corrected chi connectivity index (χ2v) is 12.0. The molecular weight excluding hydrogens is 556 g/mol. The fourth-order valence-electron chi connectivity index (χ4n) is 7.09. The Morgan fingerprint density at radius 2 is 1.93 bits per heavy atom. The summed E-state index contributed by atoms with van der Waals surface area (Å²) in [5.41, 5.74) is 2.43. The van der Waals surface area contributed by atoms with Crippen LogP contribution in [0.5, 0.6) is 5.75 Å². The van der Waals surface area contributed by atoms with Crippen molar-refractivity contribution in [2.45, 2.75) is 50.4 Å². The molecule has 0 saturated carbocycles. The van der Waals surface area contributed by atoms with Crippen molar-refractivity contribution in [3.8, 4) is 5.75 Å². The molecule has 5 atom stereocenters. The molecule has 0 unspecified atom stereocenters. The smallest absolute Gasteiger partial charge is 0.255 e. The number of likely N-dealkylation sites (tertiary alicyclic amines) is 1. The number of allylic oxidation sites excluding steroid dienone is 1. The number of nitrogens with zero attached hydrogens (tertiary/aromatic N) is 2. The van der Waals surface area contributed by atoms with Gasteiger partial charge >= 0.3 is 0 Å². The Kier molecular flexibility index (Phi) is 7.17. The third-order valence-corrected chi connectivity index (χ3v) is 9.28. The van der Waals surface area contributed by atoms with Crippen molar-refractivity contribution in [3.63, 3.8) is 0 Å². The second-order valence-electron chi connectivity index (χ2n) is 11.6. The summed E-state index contributed by atoms with van der Waals surface area (Å²) in [5.74, 6) is -7.17. The highest BCUT2D eigenvalue weighted by atomic mass is 35.5. The van der Waals surface area contributed by atoms with Gasteiger partial charge in [0.2, 0.25) is 11.7 Å². The van der Waals surface area contributed by atoms with Gasteiger partial charge in [0.15, 0.2) is 11.4 Å². The summed E-state index contributed by atoms with van der Waals surface area (Å²) in [4.78, 5) is 54.2. The molecule has 1 saturated heterocycles. The number of ketones is 2. The zero-order valence-corrected chi connectivity index (χ0v) is 23.7. The van der Waals surface area contributed by atoms with Crippen LogP contribution in [0.1, 0.15) is 41.3 Å². The lowest BCUT2D eigenvalue weighted by Crippen LogP contribution is -2.63. The Labute approximate surface area is 241 Å². The minimum absolute atomic E-state index is 0.000808. The van der Waals surface area contributed by atoms with E-state index in [0.717, 1.165) is 6.42 Å². The number of rotatable bonds is 5. The highest BCUT2D eigenvalue weighted by molar-refractivity contribution is 6.33. The number of aromatic hydroxyl groups is 1. The first kappa shape index (κ1) is 29.1. The number of aliphatic hydroxyl groups excluding tert-OH is 2. The van der Waals surface area contributed by atoms with Crippen LogP contribution in [0.15, 0.2) is 28.7 Å². The molecule has 1 aromatic rings. The van der Waals surface area contributed by atoms with E-state index in [-0.39, 0.29) is 46.7 Å². The Bertz CT molecular complexity index is 1450. The fourth-order valence-corrected chi connectivity index (χ4v) is 7.38. The largest absolute Gasteiger partial charge is 0.510 e. The van der Waals surface area contributed by atoms with Crippen LogP contribution in [0.2, 0.25) is 5.02 Å². The minimum atomic E-state index is -2.69. The number of amides is 2. The van der Waals surface area contributed by atoms with Gasteiger partial charge in [-0.1, -0.05) is 11.6 Å². The van der Waals surface area contributed by atoms with Gasteiger partial charge in [-0.25, -0.2) is 0 Å². The van der Waals surface area contributed by atoms with Crippen molar-refractivity contribution in [1.29, 1.82) is 0 Å². The number of nitrogens with two attached hydrogens (primary N) is 1. The standard InChI is InChI=1S/C28H33ClN4O8/c1-11(34)31-14-4-5-33(10-14)9-13-8-17(35)19-15(21(13)29)6-12-7-16-22(32(2)3)24(37)20(27(30)40)26(39)28(16,41)25(38)18(12)23(19)36/h8,12,14,16,22,35,37-38,41H,4-7,9-10H2,1-3H3,(H2,30,40)(H,31,34)/t12-,14+,16-,22-,28-/m0/s1. The second kappa shape index (κ2) is 10.1. The lowest BCUT2D eigenvalue weighted by Gasteiger charge is -2.50. The molecular formula is C28H33ClN4O8. The van der Waals surface area contributed by atoms with E-state index in [2.05, 4.69) is 10.2 Å². The van der Waals surface area contributed by atoms with E-state index in [0.29, 0.717) is 30.8 Å². The Balaban J connectivity index is 1.55. The van der Waals surface area contributed by atoms with Gasteiger partial charge in [0, 0.05) is 49.1 Å². The summed E-state index contributed by atoms with van der Waals surface area (Å²) in [6.45, 7) is 3.13. The minimum Gasteiger partial charge on any atom is -0.510 e. The van der Waals surface area contributed by atoms with E-state index in [1.807, 2.05) is 0 Å². The van der Waals surface area contributed by atoms with E-state index in [9.17, 15) is 39.6 Å². The molecule has 0 aromatic heterocycles. The van der Waals surface area contributed by atoms with Crippen molar-refractivity contribution >= 4 is 35.0 Å². The highest BCUT2D eigenvalue weighted by Crippen LogP contribution is 2.53. The first-order chi connectivity index (χ1) is 19.2. The van der Waals surface area contributed by atoms with Crippen LogP contribution in [-0.2, 0) is 27.3 Å². The van der Waals surface area contributed by atoms with Gasteiger partial charge in [-0.15, -0.1) is 0 Å². The highest BCUT2D eigenvalue weighted by Gasteiger charge is 2.63. The number of halogens is 1. The molecule has 0 radical (unpaired) electrons. The maximum Gasteiger partial charge on any atom is 0.255 e. The monoisotopic (exact) mass is 588 g/mol. The number of hydrogen-bond acceptors (Lipinski definition) is 10. The Morgan fingerprint density at radius 1 is 1.24 bits per heavy atom. The van der Waals surface area contributed by atoms with Gasteiger partial charge in [0.1, 0.15) is 22.8 Å². The van der Waals surface area contributed by atoms with Crippen molar-refractivity contribution in [3.05, 3.63) is 50.4 Å². The van der Waals surface area contributed by atoms with E-state index in [1.165, 1.54) is 17.9 Å². The molecule has 13 heteroatoms. The summed E-state index contributed by atoms with van der Waals surface area (Å²) in [5, 5.41) is 48.1. The number of Topliss-reactive ketones (excluding diaryl/α,β-unsaturated/α-hetero) is 2. The SMILES string of the molecule is CC(=O)N[C@@H]1CCN(Cc2cc(O)c3c(c2Cl)C[C@H]2C[C@H]4[C@H](N(C)C)C(O)=C(C(N)=O)C(=O)[C@@]4(O)C(O)=C2C3=O)C1. The fraction of sp³-hybridized carbons (Fsp3) is 0.500. The predicted octanol–water partition coefficient (Wildman–Crippen LogP) is 0.484. The molecule has 3 aliphatic carbocycles. The average molecular weight is 589 g/mol. The van der Waals surface area contributed by atoms with Crippen LogP contribution >= 0.6 is 11.6 Å². The van der Waals surface area contributed by atoms with Gasteiger partial charge in [-0.3, -0.25) is 29.0 Å². The molecule has 12 nitrogen and oxygen atoms in total.